The summed E-state index contributed by atoms with van der Waals surface area (Å²) in [6, 6.07) is 7.38. The van der Waals surface area contributed by atoms with Crippen LogP contribution in [0.25, 0.3) is 22.0 Å². The Balaban J connectivity index is 2.12. The van der Waals surface area contributed by atoms with Crippen LogP contribution in [0.4, 0.5) is 0 Å². The van der Waals surface area contributed by atoms with Crippen LogP contribution in [-0.2, 0) is 6.42 Å². The molecule has 124 valence electrons. The van der Waals surface area contributed by atoms with Crippen molar-refractivity contribution >= 4 is 10.8 Å². The lowest BCUT2D eigenvalue weighted by molar-refractivity contribution is 0.0712. The molecule has 0 aliphatic carbocycles. The highest BCUT2D eigenvalue weighted by atomic mass is 16.3. The summed E-state index contributed by atoms with van der Waals surface area (Å²) in [7, 11) is 0. The molecule has 2 heterocycles. The van der Waals surface area contributed by atoms with Crippen LogP contribution in [0.2, 0.25) is 0 Å². The Morgan fingerprint density at radius 1 is 1.08 bits per heavy atom. The van der Waals surface area contributed by atoms with Gasteiger partial charge in [0.15, 0.2) is 0 Å². The molecule has 2 N–H and O–H groups in total. The zero-order chi connectivity index (χ0) is 17.3. The Kier molecular flexibility index (Phi) is 4.20. The summed E-state index contributed by atoms with van der Waals surface area (Å²) < 4.78 is 0. The number of nitrogens with zero attached hydrogens (tertiary/aromatic N) is 3. The molecular formula is C19H21N3O2. The molecule has 0 saturated heterocycles. The van der Waals surface area contributed by atoms with Crippen LogP contribution < -0.4 is 0 Å². The van der Waals surface area contributed by atoms with Crippen molar-refractivity contribution < 1.29 is 10.2 Å². The summed E-state index contributed by atoms with van der Waals surface area (Å²) in [6.07, 6.45) is 4.66. The fourth-order valence-corrected chi connectivity index (χ4v) is 2.70. The van der Waals surface area contributed by atoms with Gasteiger partial charge in [0.1, 0.15) is 11.4 Å². The SMILES string of the molecule is Cc1ccc(-c2nnc(CCC(C)(C)O)c3cnccc23)c(O)c1. The third kappa shape index (κ3) is 3.36. The first kappa shape index (κ1) is 16.3. The van der Waals surface area contributed by atoms with Crippen LogP contribution in [0.1, 0.15) is 31.5 Å². The average Bonchev–Trinajstić information content (AvgIpc) is 2.52. The van der Waals surface area contributed by atoms with Crippen LogP contribution in [0.5, 0.6) is 5.75 Å². The first-order chi connectivity index (χ1) is 11.3. The van der Waals surface area contributed by atoms with E-state index in [9.17, 15) is 10.2 Å². The van der Waals surface area contributed by atoms with Gasteiger partial charge in [-0.2, -0.15) is 5.10 Å². The molecule has 0 atom stereocenters. The van der Waals surface area contributed by atoms with Crippen LogP contribution in [-0.4, -0.2) is 31.0 Å². The van der Waals surface area contributed by atoms with E-state index in [0.717, 1.165) is 22.0 Å². The zero-order valence-electron chi connectivity index (χ0n) is 14.1. The Hall–Kier alpha value is -2.53. The normalized spacial score (nSPS) is 11.8. The molecule has 24 heavy (non-hydrogen) atoms. The highest BCUT2D eigenvalue weighted by Crippen LogP contribution is 2.33. The molecule has 0 aliphatic heterocycles. The van der Waals surface area contributed by atoms with Crippen molar-refractivity contribution in [2.24, 2.45) is 0 Å². The number of phenolic OH excluding ortho intramolecular Hbond substituents is 1. The number of benzene rings is 1. The van der Waals surface area contributed by atoms with Gasteiger partial charge in [0.05, 0.1) is 11.3 Å². The second kappa shape index (κ2) is 6.17. The Morgan fingerprint density at radius 2 is 1.88 bits per heavy atom. The van der Waals surface area contributed by atoms with E-state index in [1.165, 1.54) is 0 Å². The van der Waals surface area contributed by atoms with Crippen LogP contribution in [0.3, 0.4) is 0 Å². The Bertz CT molecular complexity index is 885. The molecular weight excluding hydrogens is 302 g/mol. The van der Waals surface area contributed by atoms with Gasteiger partial charge in [-0.15, -0.1) is 5.10 Å². The molecule has 3 aromatic rings. The standard InChI is InChI=1S/C19H21N3O2/c1-12-4-5-14(17(23)10-12)18-13-7-9-20-11-15(13)16(21-22-18)6-8-19(2,3)24/h4-5,7,9-11,23-24H,6,8H2,1-3H3. The maximum atomic E-state index is 10.3. The van der Waals surface area contributed by atoms with Gasteiger partial charge < -0.3 is 10.2 Å². The molecule has 0 amide bonds. The highest BCUT2D eigenvalue weighted by Gasteiger charge is 2.17. The zero-order valence-corrected chi connectivity index (χ0v) is 14.1. The van der Waals surface area contributed by atoms with E-state index >= 15 is 0 Å². The lowest BCUT2D eigenvalue weighted by Crippen LogP contribution is -2.19. The number of phenols is 1. The minimum Gasteiger partial charge on any atom is -0.507 e. The van der Waals surface area contributed by atoms with E-state index in [4.69, 9.17) is 0 Å². The van der Waals surface area contributed by atoms with E-state index in [2.05, 4.69) is 15.2 Å². The van der Waals surface area contributed by atoms with Crippen molar-refractivity contribution in [2.45, 2.75) is 39.2 Å². The minimum absolute atomic E-state index is 0.187. The topological polar surface area (TPSA) is 79.1 Å². The fraction of sp³-hybridized carbons (Fsp3) is 0.316. The molecule has 0 radical (unpaired) electrons. The molecule has 0 unspecified atom stereocenters. The van der Waals surface area contributed by atoms with Crippen molar-refractivity contribution in [3.8, 4) is 17.0 Å². The smallest absolute Gasteiger partial charge is 0.125 e. The maximum absolute atomic E-state index is 10.3. The van der Waals surface area contributed by atoms with Gasteiger partial charge in [-0.3, -0.25) is 4.98 Å². The first-order valence-corrected chi connectivity index (χ1v) is 7.97. The van der Waals surface area contributed by atoms with Crippen molar-refractivity contribution in [2.75, 3.05) is 0 Å². The molecule has 2 aromatic heterocycles. The largest absolute Gasteiger partial charge is 0.507 e. The number of aliphatic hydroxyl groups is 1. The molecule has 0 fully saturated rings. The second-order valence-corrected chi connectivity index (χ2v) is 6.75. The van der Waals surface area contributed by atoms with Crippen LogP contribution >= 0.6 is 0 Å². The molecule has 3 rings (SSSR count). The van der Waals surface area contributed by atoms with Crippen LogP contribution in [0, 0.1) is 6.92 Å². The second-order valence-electron chi connectivity index (χ2n) is 6.75. The molecule has 0 spiro atoms. The highest BCUT2D eigenvalue weighted by molar-refractivity contribution is 5.96. The van der Waals surface area contributed by atoms with Gasteiger partial charge in [0.2, 0.25) is 0 Å². The van der Waals surface area contributed by atoms with E-state index in [1.54, 1.807) is 32.3 Å². The molecule has 0 bridgehead atoms. The number of hydrogen-bond donors (Lipinski definition) is 2. The number of rotatable bonds is 4. The third-order valence-corrected chi connectivity index (χ3v) is 4.04. The van der Waals surface area contributed by atoms with Crippen molar-refractivity contribution in [3.05, 3.63) is 47.9 Å². The molecule has 1 aromatic carbocycles. The van der Waals surface area contributed by atoms with Gasteiger partial charge >= 0.3 is 0 Å². The van der Waals surface area contributed by atoms with Crippen molar-refractivity contribution in [1.29, 1.82) is 0 Å². The monoisotopic (exact) mass is 323 g/mol. The lowest BCUT2D eigenvalue weighted by Gasteiger charge is -2.17. The number of pyridine rings is 1. The van der Waals surface area contributed by atoms with E-state index in [-0.39, 0.29) is 5.75 Å². The summed E-state index contributed by atoms with van der Waals surface area (Å²) in [5, 5.41) is 30.7. The average molecular weight is 323 g/mol. The summed E-state index contributed by atoms with van der Waals surface area (Å²) >= 11 is 0. The predicted octanol–water partition coefficient (Wildman–Crippen LogP) is 3.41. The van der Waals surface area contributed by atoms with Crippen LogP contribution in [0.15, 0.2) is 36.7 Å². The molecule has 0 saturated carbocycles. The predicted molar refractivity (Wildman–Crippen MR) is 93.8 cm³/mol. The number of hydrogen-bond acceptors (Lipinski definition) is 5. The Labute approximate surface area is 141 Å². The summed E-state index contributed by atoms with van der Waals surface area (Å²) in [6.45, 7) is 5.48. The Morgan fingerprint density at radius 3 is 2.58 bits per heavy atom. The number of aromatic hydroxyl groups is 1. The minimum atomic E-state index is -0.760. The molecule has 5 heteroatoms. The summed E-state index contributed by atoms with van der Waals surface area (Å²) in [5.41, 5.74) is 2.31. The van der Waals surface area contributed by atoms with Gasteiger partial charge in [-0.05, 0) is 57.4 Å². The number of fused-ring (bicyclic) bond motifs is 1. The van der Waals surface area contributed by atoms with E-state index < -0.39 is 5.60 Å². The molecule has 0 aliphatic rings. The summed E-state index contributed by atoms with van der Waals surface area (Å²) in [5.74, 6) is 0.187. The van der Waals surface area contributed by atoms with Gasteiger partial charge in [0.25, 0.3) is 0 Å². The van der Waals surface area contributed by atoms with Gasteiger partial charge in [-0.25, -0.2) is 0 Å². The van der Waals surface area contributed by atoms with Crippen molar-refractivity contribution in [1.82, 2.24) is 15.2 Å². The van der Waals surface area contributed by atoms with E-state index in [0.29, 0.717) is 24.1 Å². The maximum Gasteiger partial charge on any atom is 0.125 e. The quantitative estimate of drug-likeness (QED) is 0.769. The summed E-state index contributed by atoms with van der Waals surface area (Å²) in [4.78, 5) is 4.20. The lowest BCUT2D eigenvalue weighted by atomic mass is 9.98. The van der Waals surface area contributed by atoms with E-state index in [1.807, 2.05) is 25.1 Å². The third-order valence-electron chi connectivity index (χ3n) is 4.04. The number of aromatic nitrogens is 3. The fourth-order valence-electron chi connectivity index (χ4n) is 2.70. The first-order valence-electron chi connectivity index (χ1n) is 7.97. The molecule has 5 nitrogen and oxygen atoms in total. The number of aryl methyl sites for hydroxylation is 2. The van der Waals surface area contributed by atoms with Crippen molar-refractivity contribution in [3.63, 3.8) is 0 Å². The van der Waals surface area contributed by atoms with Gasteiger partial charge in [0, 0.05) is 28.7 Å². The van der Waals surface area contributed by atoms with Gasteiger partial charge in [-0.1, -0.05) is 6.07 Å².